The third kappa shape index (κ3) is 3.83. The molecule has 0 bridgehead atoms. The molecular weight excluding hydrogens is 342 g/mol. The Hall–Kier alpha value is -3.19. The molecule has 0 saturated carbocycles. The molecule has 0 unspecified atom stereocenters. The Morgan fingerprint density at radius 2 is 2.15 bits per heavy atom. The van der Waals surface area contributed by atoms with Crippen molar-refractivity contribution < 1.29 is 9.53 Å². The molecule has 7 nitrogen and oxygen atoms in total. The van der Waals surface area contributed by atoms with Gasteiger partial charge in [-0.1, -0.05) is 36.4 Å². The van der Waals surface area contributed by atoms with Crippen LogP contribution in [0.1, 0.15) is 30.6 Å². The number of anilines is 1. The number of carbonyl (C=O) groups is 1. The van der Waals surface area contributed by atoms with Crippen molar-refractivity contribution >= 4 is 28.3 Å². The van der Waals surface area contributed by atoms with Gasteiger partial charge in [0.1, 0.15) is 5.82 Å². The molecule has 1 aromatic carbocycles. The maximum absolute atomic E-state index is 12.3. The van der Waals surface area contributed by atoms with E-state index in [1.807, 2.05) is 43.3 Å². The summed E-state index contributed by atoms with van der Waals surface area (Å²) in [6.07, 6.45) is 4.62. The van der Waals surface area contributed by atoms with Gasteiger partial charge in [-0.25, -0.2) is 9.78 Å². The average molecular weight is 363 g/mol. The zero-order chi connectivity index (χ0) is 18.6. The number of H-pyrrole nitrogens is 1. The zero-order valence-corrected chi connectivity index (χ0v) is 15.0. The lowest BCUT2D eigenvalue weighted by Gasteiger charge is -2.14. The summed E-state index contributed by atoms with van der Waals surface area (Å²) in [4.78, 5) is 16.6. The van der Waals surface area contributed by atoms with Gasteiger partial charge in [0.15, 0.2) is 0 Å². The first kappa shape index (κ1) is 17.2. The van der Waals surface area contributed by atoms with E-state index in [4.69, 9.17) is 4.74 Å². The van der Waals surface area contributed by atoms with Crippen LogP contribution in [0.3, 0.4) is 0 Å². The van der Waals surface area contributed by atoms with E-state index in [9.17, 15) is 4.79 Å². The van der Waals surface area contributed by atoms with E-state index in [1.165, 1.54) is 0 Å². The van der Waals surface area contributed by atoms with Gasteiger partial charge in [0.25, 0.3) is 0 Å². The first-order chi connectivity index (χ1) is 13.2. The highest BCUT2D eigenvalue weighted by molar-refractivity contribution is 5.94. The number of aromatic amines is 1. The smallest absolute Gasteiger partial charge is 0.320 e. The molecule has 0 spiro atoms. The second-order valence-corrected chi connectivity index (χ2v) is 6.47. The third-order valence-corrected chi connectivity index (χ3v) is 4.60. The highest BCUT2D eigenvalue weighted by atomic mass is 16.5. The van der Waals surface area contributed by atoms with Crippen molar-refractivity contribution in [2.75, 3.05) is 18.5 Å². The molecule has 27 heavy (non-hydrogen) atoms. The molecule has 138 valence electrons. The molecule has 1 atom stereocenters. The van der Waals surface area contributed by atoms with Crippen LogP contribution in [-0.4, -0.2) is 34.4 Å². The van der Waals surface area contributed by atoms with Crippen LogP contribution in [-0.2, 0) is 4.74 Å². The van der Waals surface area contributed by atoms with Gasteiger partial charge in [-0.05, 0) is 24.5 Å². The van der Waals surface area contributed by atoms with Crippen LogP contribution in [0, 0.1) is 0 Å². The Kier molecular flexibility index (Phi) is 4.84. The van der Waals surface area contributed by atoms with Crippen LogP contribution >= 0.6 is 0 Å². The Balaban J connectivity index is 1.46. The number of urea groups is 1. The zero-order valence-electron chi connectivity index (χ0n) is 15.0. The van der Waals surface area contributed by atoms with Crippen molar-refractivity contribution in [3.05, 3.63) is 59.9 Å². The average Bonchev–Trinajstić information content (AvgIpc) is 3.12. The van der Waals surface area contributed by atoms with Crippen molar-refractivity contribution in [1.29, 1.82) is 0 Å². The van der Waals surface area contributed by atoms with Gasteiger partial charge in [0.05, 0.1) is 30.5 Å². The van der Waals surface area contributed by atoms with Gasteiger partial charge >= 0.3 is 6.03 Å². The van der Waals surface area contributed by atoms with Gasteiger partial charge in [-0.2, -0.15) is 5.10 Å². The first-order valence-electron chi connectivity index (χ1n) is 8.94. The molecule has 0 fully saturated rings. The summed E-state index contributed by atoms with van der Waals surface area (Å²) in [5.74, 6) is 0.469. The lowest BCUT2D eigenvalue weighted by atomic mass is 10.1. The van der Waals surface area contributed by atoms with E-state index >= 15 is 0 Å². The van der Waals surface area contributed by atoms with Gasteiger partial charge in [-0.15, -0.1) is 0 Å². The van der Waals surface area contributed by atoms with Gasteiger partial charge < -0.3 is 10.1 Å². The van der Waals surface area contributed by atoms with Gasteiger partial charge in [0.2, 0.25) is 0 Å². The van der Waals surface area contributed by atoms with E-state index in [2.05, 4.69) is 25.8 Å². The number of ether oxygens (including phenoxy) is 1. The number of rotatable bonds is 4. The highest BCUT2D eigenvalue weighted by Crippen LogP contribution is 2.27. The van der Waals surface area contributed by atoms with E-state index in [0.717, 1.165) is 34.2 Å². The monoisotopic (exact) mass is 363 g/mol. The number of aromatic nitrogens is 3. The molecule has 3 heterocycles. The fraction of sp³-hybridized carbons (Fsp3) is 0.250. The summed E-state index contributed by atoms with van der Waals surface area (Å²) in [6.45, 7) is 3.25. The SMILES string of the molecule is C[C@@H](NC(=O)Nc1cc2[nH]nc(C3=CCOCC3)c2cn1)c1ccccc1. The minimum Gasteiger partial charge on any atom is -0.377 e. The van der Waals surface area contributed by atoms with Crippen LogP contribution < -0.4 is 10.6 Å². The Morgan fingerprint density at radius 3 is 2.93 bits per heavy atom. The minimum atomic E-state index is -0.301. The normalized spacial score (nSPS) is 15.2. The third-order valence-electron chi connectivity index (χ3n) is 4.60. The fourth-order valence-electron chi connectivity index (χ4n) is 3.14. The topological polar surface area (TPSA) is 91.9 Å². The second-order valence-electron chi connectivity index (χ2n) is 6.47. The minimum absolute atomic E-state index is 0.103. The molecule has 0 aliphatic carbocycles. The molecule has 0 radical (unpaired) electrons. The lowest BCUT2D eigenvalue weighted by Crippen LogP contribution is -2.31. The van der Waals surface area contributed by atoms with Crippen LogP contribution in [0.25, 0.3) is 16.5 Å². The number of pyridine rings is 1. The molecule has 7 heteroatoms. The second kappa shape index (κ2) is 7.59. The van der Waals surface area contributed by atoms with Crippen molar-refractivity contribution in [2.24, 2.45) is 0 Å². The molecule has 2 amide bonds. The summed E-state index contributed by atoms with van der Waals surface area (Å²) in [5.41, 5.74) is 3.93. The molecule has 2 aromatic heterocycles. The molecule has 4 rings (SSSR count). The predicted molar refractivity (Wildman–Crippen MR) is 104 cm³/mol. The molecule has 1 aliphatic heterocycles. The summed E-state index contributed by atoms with van der Waals surface area (Å²) < 4.78 is 5.35. The van der Waals surface area contributed by atoms with Crippen molar-refractivity contribution in [3.8, 4) is 0 Å². The van der Waals surface area contributed by atoms with Crippen LogP contribution in [0.4, 0.5) is 10.6 Å². The van der Waals surface area contributed by atoms with E-state index in [0.29, 0.717) is 19.0 Å². The first-order valence-corrected chi connectivity index (χ1v) is 8.94. The molecule has 0 saturated heterocycles. The van der Waals surface area contributed by atoms with Crippen molar-refractivity contribution in [3.63, 3.8) is 0 Å². The van der Waals surface area contributed by atoms with Crippen molar-refractivity contribution in [1.82, 2.24) is 20.5 Å². The van der Waals surface area contributed by atoms with E-state index in [-0.39, 0.29) is 12.1 Å². The maximum atomic E-state index is 12.3. The number of hydrogen-bond acceptors (Lipinski definition) is 4. The predicted octanol–water partition coefficient (Wildman–Crippen LogP) is 3.64. The number of benzene rings is 1. The molecular formula is C20H21N5O2. The van der Waals surface area contributed by atoms with Crippen LogP contribution in [0.15, 0.2) is 48.7 Å². The summed E-state index contributed by atoms with van der Waals surface area (Å²) >= 11 is 0. The van der Waals surface area contributed by atoms with Crippen LogP contribution in [0.2, 0.25) is 0 Å². The largest absolute Gasteiger partial charge is 0.377 e. The summed E-state index contributed by atoms with van der Waals surface area (Å²) in [6, 6.07) is 11.2. The van der Waals surface area contributed by atoms with Crippen molar-refractivity contribution in [2.45, 2.75) is 19.4 Å². The standard InChI is InChI=1S/C20H21N5O2/c1-13(14-5-3-2-4-6-14)22-20(26)23-18-11-17-16(12-21-18)19(25-24-17)15-7-9-27-10-8-15/h2-7,11-13H,8-10H2,1H3,(H,24,25)(H2,21,22,23,26)/t13-/m1/s1. The number of amides is 2. The number of nitrogens with zero attached hydrogens (tertiary/aromatic N) is 2. The Bertz CT molecular complexity index is 980. The Labute approximate surface area is 156 Å². The van der Waals surface area contributed by atoms with E-state index in [1.54, 1.807) is 12.3 Å². The number of carbonyl (C=O) groups excluding carboxylic acids is 1. The molecule has 3 aromatic rings. The maximum Gasteiger partial charge on any atom is 0.320 e. The quantitative estimate of drug-likeness (QED) is 0.660. The summed E-state index contributed by atoms with van der Waals surface area (Å²) in [5, 5.41) is 14.1. The van der Waals surface area contributed by atoms with Gasteiger partial charge in [0, 0.05) is 17.6 Å². The number of fused-ring (bicyclic) bond motifs is 1. The molecule has 1 aliphatic rings. The highest BCUT2D eigenvalue weighted by Gasteiger charge is 2.15. The number of nitrogens with one attached hydrogen (secondary N) is 3. The summed E-state index contributed by atoms with van der Waals surface area (Å²) in [7, 11) is 0. The fourth-order valence-corrected chi connectivity index (χ4v) is 3.14. The van der Waals surface area contributed by atoms with E-state index < -0.39 is 0 Å². The molecule has 3 N–H and O–H groups in total. The van der Waals surface area contributed by atoms with Gasteiger partial charge in [-0.3, -0.25) is 10.4 Å². The number of hydrogen-bond donors (Lipinski definition) is 3. The lowest BCUT2D eigenvalue weighted by molar-refractivity contribution is 0.161. The van der Waals surface area contributed by atoms with Crippen LogP contribution in [0.5, 0.6) is 0 Å². The Morgan fingerprint density at radius 1 is 1.30 bits per heavy atom.